The van der Waals surface area contributed by atoms with Crippen LogP contribution in [0.5, 0.6) is 11.5 Å². The summed E-state index contributed by atoms with van der Waals surface area (Å²) in [5.41, 5.74) is 1.54. The van der Waals surface area contributed by atoms with Crippen molar-refractivity contribution in [2.75, 3.05) is 0 Å². The van der Waals surface area contributed by atoms with Crippen LogP contribution in [0.2, 0.25) is 0 Å². The van der Waals surface area contributed by atoms with Crippen LogP contribution in [0.4, 0.5) is 0 Å². The summed E-state index contributed by atoms with van der Waals surface area (Å²) < 4.78 is 12.5. The van der Waals surface area contributed by atoms with Crippen molar-refractivity contribution in [3.63, 3.8) is 0 Å². The number of ether oxygens (including phenoxy) is 2. The van der Waals surface area contributed by atoms with Crippen molar-refractivity contribution in [3.8, 4) is 11.5 Å². The SMILES string of the molecule is Cc1ccc(OC(=O)c2ccc(OC(C)C)c(Br)c2)c(Br)c1. The van der Waals surface area contributed by atoms with Crippen molar-refractivity contribution >= 4 is 37.8 Å². The molecule has 0 heterocycles. The Morgan fingerprint density at radius 3 is 2.23 bits per heavy atom. The molecule has 2 rings (SSSR count). The van der Waals surface area contributed by atoms with E-state index in [-0.39, 0.29) is 6.10 Å². The van der Waals surface area contributed by atoms with Crippen molar-refractivity contribution in [2.45, 2.75) is 26.9 Å². The molecule has 0 saturated heterocycles. The van der Waals surface area contributed by atoms with Crippen LogP contribution < -0.4 is 9.47 Å². The van der Waals surface area contributed by atoms with Gasteiger partial charge in [-0.25, -0.2) is 4.79 Å². The third kappa shape index (κ3) is 4.34. The second-order valence-corrected chi connectivity index (χ2v) is 6.84. The van der Waals surface area contributed by atoms with Crippen molar-refractivity contribution < 1.29 is 14.3 Å². The van der Waals surface area contributed by atoms with Crippen molar-refractivity contribution in [1.29, 1.82) is 0 Å². The fourth-order valence-electron chi connectivity index (χ4n) is 1.82. The molecule has 0 amide bonds. The lowest BCUT2D eigenvalue weighted by Crippen LogP contribution is -2.10. The topological polar surface area (TPSA) is 35.5 Å². The first-order valence-corrected chi connectivity index (χ1v) is 8.40. The summed E-state index contributed by atoms with van der Waals surface area (Å²) in [6.07, 6.45) is 0.0672. The average molecular weight is 428 g/mol. The summed E-state index contributed by atoms with van der Waals surface area (Å²) >= 11 is 6.81. The average Bonchev–Trinajstić information content (AvgIpc) is 2.43. The number of carbonyl (C=O) groups is 1. The van der Waals surface area contributed by atoms with Gasteiger partial charge in [0.25, 0.3) is 0 Å². The summed E-state index contributed by atoms with van der Waals surface area (Å²) in [6.45, 7) is 5.87. The maximum absolute atomic E-state index is 12.2. The largest absolute Gasteiger partial charge is 0.490 e. The van der Waals surface area contributed by atoms with Crippen LogP contribution in [0.3, 0.4) is 0 Å². The molecule has 0 atom stereocenters. The molecule has 5 heteroatoms. The van der Waals surface area contributed by atoms with E-state index in [1.165, 1.54) is 0 Å². The fraction of sp³-hybridized carbons (Fsp3) is 0.235. The zero-order chi connectivity index (χ0) is 16.3. The lowest BCUT2D eigenvalue weighted by Gasteiger charge is -2.12. The summed E-state index contributed by atoms with van der Waals surface area (Å²) in [6, 6.07) is 10.7. The van der Waals surface area contributed by atoms with Gasteiger partial charge >= 0.3 is 5.97 Å². The highest BCUT2D eigenvalue weighted by Gasteiger charge is 2.13. The molecule has 3 nitrogen and oxygen atoms in total. The summed E-state index contributed by atoms with van der Waals surface area (Å²) in [5, 5.41) is 0. The van der Waals surface area contributed by atoms with Gasteiger partial charge in [-0.3, -0.25) is 0 Å². The van der Waals surface area contributed by atoms with E-state index >= 15 is 0 Å². The minimum absolute atomic E-state index is 0.0672. The molecule has 0 aliphatic rings. The Bertz CT molecular complexity index is 696. The predicted molar refractivity (Wildman–Crippen MR) is 93.7 cm³/mol. The van der Waals surface area contributed by atoms with Crippen LogP contribution >= 0.6 is 31.9 Å². The molecule has 116 valence electrons. The molecule has 0 unspecified atom stereocenters. The van der Waals surface area contributed by atoms with E-state index < -0.39 is 5.97 Å². The van der Waals surface area contributed by atoms with E-state index in [0.717, 1.165) is 14.5 Å². The molecule has 22 heavy (non-hydrogen) atoms. The molecule has 0 aromatic heterocycles. The fourth-order valence-corrected chi connectivity index (χ4v) is 2.87. The standard InChI is InChI=1S/C17H16Br2O3/c1-10(2)21-15-7-5-12(9-14(15)19)17(20)22-16-6-4-11(3)8-13(16)18/h4-10H,1-3H3. The number of esters is 1. The molecule has 0 saturated carbocycles. The van der Waals surface area contributed by atoms with Crippen LogP contribution in [-0.4, -0.2) is 12.1 Å². The lowest BCUT2D eigenvalue weighted by atomic mass is 10.2. The van der Waals surface area contributed by atoms with Crippen molar-refractivity contribution in [1.82, 2.24) is 0 Å². The Morgan fingerprint density at radius 1 is 1.00 bits per heavy atom. The molecule has 0 bridgehead atoms. The predicted octanol–water partition coefficient (Wildman–Crippen LogP) is 5.53. The van der Waals surface area contributed by atoms with Gasteiger partial charge in [0.2, 0.25) is 0 Å². The van der Waals surface area contributed by atoms with E-state index in [4.69, 9.17) is 9.47 Å². The first-order chi connectivity index (χ1) is 10.4. The van der Waals surface area contributed by atoms with Gasteiger partial charge in [-0.15, -0.1) is 0 Å². The third-order valence-electron chi connectivity index (χ3n) is 2.82. The van der Waals surface area contributed by atoms with Crippen LogP contribution in [0.25, 0.3) is 0 Å². The zero-order valence-corrected chi connectivity index (χ0v) is 15.7. The number of benzene rings is 2. The van der Waals surface area contributed by atoms with Gasteiger partial charge in [-0.1, -0.05) is 6.07 Å². The monoisotopic (exact) mass is 426 g/mol. The van der Waals surface area contributed by atoms with Crippen LogP contribution in [0.1, 0.15) is 29.8 Å². The molecule has 0 fully saturated rings. The van der Waals surface area contributed by atoms with E-state index in [9.17, 15) is 4.79 Å². The van der Waals surface area contributed by atoms with Gasteiger partial charge < -0.3 is 9.47 Å². The van der Waals surface area contributed by atoms with Crippen LogP contribution in [0, 0.1) is 6.92 Å². The molecule has 2 aromatic carbocycles. The maximum Gasteiger partial charge on any atom is 0.343 e. The first-order valence-electron chi connectivity index (χ1n) is 6.81. The second kappa shape index (κ2) is 7.29. The number of carbonyl (C=O) groups excluding carboxylic acids is 1. The minimum atomic E-state index is -0.415. The number of hydrogen-bond donors (Lipinski definition) is 0. The Morgan fingerprint density at radius 2 is 1.64 bits per heavy atom. The van der Waals surface area contributed by atoms with E-state index in [1.807, 2.05) is 32.9 Å². The Labute approximate surface area is 146 Å². The van der Waals surface area contributed by atoms with Gasteiger partial charge in [-0.05, 0) is 88.5 Å². The highest BCUT2D eigenvalue weighted by atomic mass is 79.9. The highest BCUT2D eigenvalue weighted by Crippen LogP contribution is 2.29. The number of hydrogen-bond acceptors (Lipinski definition) is 3. The van der Waals surface area contributed by atoms with Crippen molar-refractivity contribution in [2.24, 2.45) is 0 Å². The van der Waals surface area contributed by atoms with Crippen LogP contribution in [0.15, 0.2) is 45.3 Å². The van der Waals surface area contributed by atoms with E-state index in [0.29, 0.717) is 17.1 Å². The molecule has 0 N–H and O–H groups in total. The van der Waals surface area contributed by atoms with Gasteiger partial charge in [0.1, 0.15) is 11.5 Å². The van der Waals surface area contributed by atoms with Gasteiger partial charge in [-0.2, -0.15) is 0 Å². The Hall–Kier alpha value is -1.33. The maximum atomic E-state index is 12.2. The normalized spacial score (nSPS) is 10.6. The lowest BCUT2D eigenvalue weighted by molar-refractivity contribution is 0.0733. The van der Waals surface area contributed by atoms with Gasteiger partial charge in [0, 0.05) is 0 Å². The van der Waals surface area contributed by atoms with E-state index in [2.05, 4.69) is 31.9 Å². The molecule has 0 radical (unpaired) electrons. The Kier molecular flexibility index (Phi) is 5.64. The van der Waals surface area contributed by atoms with E-state index in [1.54, 1.807) is 24.3 Å². The quantitative estimate of drug-likeness (QED) is 0.475. The van der Waals surface area contributed by atoms with Crippen LogP contribution in [-0.2, 0) is 0 Å². The molecular weight excluding hydrogens is 412 g/mol. The summed E-state index contributed by atoms with van der Waals surface area (Å²) in [4.78, 5) is 12.2. The molecular formula is C17H16Br2O3. The van der Waals surface area contributed by atoms with Crippen molar-refractivity contribution in [3.05, 3.63) is 56.5 Å². The van der Waals surface area contributed by atoms with Gasteiger partial charge in [0.15, 0.2) is 0 Å². The highest BCUT2D eigenvalue weighted by molar-refractivity contribution is 9.10. The zero-order valence-electron chi connectivity index (χ0n) is 12.5. The molecule has 0 aliphatic heterocycles. The molecule has 0 spiro atoms. The summed E-state index contributed by atoms with van der Waals surface area (Å²) in [7, 11) is 0. The van der Waals surface area contributed by atoms with Gasteiger partial charge in [0.05, 0.1) is 20.6 Å². The Balaban J connectivity index is 2.17. The second-order valence-electron chi connectivity index (χ2n) is 5.14. The minimum Gasteiger partial charge on any atom is -0.490 e. The molecule has 0 aliphatic carbocycles. The first kappa shape index (κ1) is 17.0. The number of halogens is 2. The smallest absolute Gasteiger partial charge is 0.343 e. The number of rotatable bonds is 4. The number of aryl methyl sites for hydroxylation is 1. The third-order valence-corrected chi connectivity index (χ3v) is 4.06. The summed E-state index contributed by atoms with van der Waals surface area (Å²) in [5.74, 6) is 0.777. The molecule has 2 aromatic rings.